The van der Waals surface area contributed by atoms with Gasteiger partial charge in [-0.1, -0.05) is 50.6 Å². The molecule has 1 rings (SSSR count). The van der Waals surface area contributed by atoms with Crippen LogP contribution in [0.4, 0.5) is 0 Å². The molecule has 0 fully saturated rings. The van der Waals surface area contributed by atoms with Crippen LogP contribution >= 0.6 is 11.1 Å². The van der Waals surface area contributed by atoms with Gasteiger partial charge in [0.15, 0.2) is 0 Å². The average Bonchev–Trinajstić information content (AvgIpc) is 2.27. The van der Waals surface area contributed by atoms with Gasteiger partial charge in [-0.25, -0.2) is 0 Å². The van der Waals surface area contributed by atoms with Crippen LogP contribution in [0.2, 0.25) is 5.54 Å². The van der Waals surface area contributed by atoms with Crippen molar-refractivity contribution in [1.29, 1.82) is 0 Å². The van der Waals surface area contributed by atoms with Gasteiger partial charge in [0, 0.05) is 0 Å². The largest absolute Gasteiger partial charge is 0.314 e. The standard InChI is InChI=1S/C12H20ClNSi/c1-5-11(2)15(13,14(3)4)12-9-7-6-8-10-12/h6-11H,5H2,1-4H3. The summed E-state index contributed by atoms with van der Waals surface area (Å²) in [6, 6.07) is 10.5. The minimum atomic E-state index is -2.00. The maximum absolute atomic E-state index is 6.91. The summed E-state index contributed by atoms with van der Waals surface area (Å²) in [6.07, 6.45) is 1.13. The molecule has 0 heterocycles. The van der Waals surface area contributed by atoms with Crippen LogP contribution in [0.5, 0.6) is 0 Å². The van der Waals surface area contributed by atoms with Gasteiger partial charge in [-0.05, 0) is 24.8 Å². The molecule has 0 aliphatic carbocycles. The van der Waals surface area contributed by atoms with Gasteiger partial charge in [-0.15, -0.1) is 11.1 Å². The van der Waals surface area contributed by atoms with Crippen molar-refractivity contribution in [3.63, 3.8) is 0 Å². The smallest absolute Gasteiger partial charge is 0.262 e. The molecule has 0 spiro atoms. The van der Waals surface area contributed by atoms with E-state index in [4.69, 9.17) is 11.1 Å². The molecule has 0 aromatic heterocycles. The van der Waals surface area contributed by atoms with E-state index >= 15 is 0 Å². The van der Waals surface area contributed by atoms with E-state index in [-0.39, 0.29) is 0 Å². The Labute approximate surface area is 98.9 Å². The lowest BCUT2D eigenvalue weighted by molar-refractivity contribution is 0.611. The van der Waals surface area contributed by atoms with E-state index in [0.717, 1.165) is 6.42 Å². The summed E-state index contributed by atoms with van der Waals surface area (Å²) in [5.74, 6) is 0. The van der Waals surface area contributed by atoms with Crippen LogP contribution in [-0.2, 0) is 0 Å². The van der Waals surface area contributed by atoms with E-state index in [0.29, 0.717) is 5.54 Å². The van der Waals surface area contributed by atoms with Gasteiger partial charge < -0.3 is 4.57 Å². The van der Waals surface area contributed by atoms with E-state index in [1.165, 1.54) is 5.19 Å². The first kappa shape index (κ1) is 12.8. The SMILES string of the molecule is CCC(C)[Si](Cl)(c1ccccc1)N(C)C. The van der Waals surface area contributed by atoms with Crippen LogP contribution in [0.25, 0.3) is 0 Å². The molecular weight excluding hydrogens is 222 g/mol. The lowest BCUT2D eigenvalue weighted by atomic mass is 10.4. The van der Waals surface area contributed by atoms with E-state index < -0.39 is 7.55 Å². The van der Waals surface area contributed by atoms with Crippen LogP contribution in [-0.4, -0.2) is 26.2 Å². The fourth-order valence-electron chi connectivity index (χ4n) is 1.93. The highest BCUT2D eigenvalue weighted by molar-refractivity contribution is 7.26. The first-order valence-corrected chi connectivity index (χ1v) is 8.49. The van der Waals surface area contributed by atoms with E-state index in [1.54, 1.807) is 0 Å². The molecule has 2 atom stereocenters. The van der Waals surface area contributed by atoms with Gasteiger partial charge in [0.1, 0.15) is 0 Å². The van der Waals surface area contributed by atoms with E-state index in [2.05, 4.69) is 56.8 Å². The summed E-state index contributed by atoms with van der Waals surface area (Å²) in [7, 11) is 2.19. The fraction of sp³-hybridized carbons (Fsp3) is 0.500. The fourth-order valence-corrected chi connectivity index (χ4v) is 5.93. The summed E-state index contributed by atoms with van der Waals surface area (Å²) in [6.45, 7) is 4.47. The van der Waals surface area contributed by atoms with Crippen LogP contribution in [0, 0.1) is 0 Å². The predicted molar refractivity (Wildman–Crippen MR) is 71.1 cm³/mol. The zero-order chi connectivity index (χ0) is 11.5. The normalized spacial score (nSPS) is 17.5. The van der Waals surface area contributed by atoms with Crippen molar-refractivity contribution in [3.05, 3.63) is 30.3 Å². The molecule has 84 valence electrons. The third-order valence-electron chi connectivity index (χ3n) is 3.09. The molecule has 0 saturated heterocycles. The lowest BCUT2D eigenvalue weighted by Crippen LogP contribution is -2.57. The molecule has 2 unspecified atom stereocenters. The predicted octanol–water partition coefficient (Wildman–Crippen LogP) is 2.94. The first-order valence-electron chi connectivity index (χ1n) is 5.45. The summed E-state index contributed by atoms with van der Waals surface area (Å²) < 4.78 is 2.23. The molecule has 1 aromatic carbocycles. The number of rotatable bonds is 4. The summed E-state index contributed by atoms with van der Waals surface area (Å²) in [4.78, 5) is 0. The molecule has 0 aliphatic rings. The molecule has 1 nitrogen and oxygen atoms in total. The zero-order valence-electron chi connectivity index (χ0n) is 10.00. The molecule has 3 heteroatoms. The van der Waals surface area contributed by atoms with Gasteiger partial charge in [0.05, 0.1) is 0 Å². The molecule has 15 heavy (non-hydrogen) atoms. The maximum atomic E-state index is 6.91. The van der Waals surface area contributed by atoms with Gasteiger partial charge in [-0.3, -0.25) is 0 Å². The van der Waals surface area contributed by atoms with Crippen molar-refractivity contribution in [3.8, 4) is 0 Å². The number of halogens is 1. The topological polar surface area (TPSA) is 3.24 Å². The summed E-state index contributed by atoms with van der Waals surface area (Å²) in [5.41, 5.74) is 0.552. The monoisotopic (exact) mass is 241 g/mol. The summed E-state index contributed by atoms with van der Waals surface area (Å²) >= 11 is 6.91. The second-order valence-electron chi connectivity index (χ2n) is 4.24. The molecule has 0 amide bonds. The first-order chi connectivity index (χ1) is 7.03. The van der Waals surface area contributed by atoms with Crippen LogP contribution in [0.15, 0.2) is 30.3 Å². The van der Waals surface area contributed by atoms with Crippen molar-refractivity contribution < 1.29 is 0 Å². The lowest BCUT2D eigenvalue weighted by Gasteiger charge is -2.36. The van der Waals surface area contributed by atoms with Crippen molar-refractivity contribution in [2.75, 3.05) is 14.1 Å². The third kappa shape index (κ3) is 2.44. The molecule has 0 aliphatic heterocycles. The van der Waals surface area contributed by atoms with Crippen molar-refractivity contribution >= 4 is 23.8 Å². The van der Waals surface area contributed by atoms with Crippen LogP contribution in [0.1, 0.15) is 20.3 Å². The van der Waals surface area contributed by atoms with Crippen molar-refractivity contribution in [2.45, 2.75) is 25.8 Å². The highest BCUT2D eigenvalue weighted by Gasteiger charge is 2.41. The quantitative estimate of drug-likeness (QED) is 0.579. The highest BCUT2D eigenvalue weighted by Crippen LogP contribution is 2.29. The molecular formula is C12H20ClNSi. The van der Waals surface area contributed by atoms with E-state index in [9.17, 15) is 0 Å². The van der Waals surface area contributed by atoms with Crippen molar-refractivity contribution in [2.24, 2.45) is 0 Å². The van der Waals surface area contributed by atoms with Gasteiger partial charge in [0.25, 0.3) is 7.55 Å². The Kier molecular flexibility index (Phi) is 4.38. The highest BCUT2D eigenvalue weighted by atomic mass is 35.6. The Bertz CT molecular complexity index is 302. The minimum absolute atomic E-state index is 0.552. The number of nitrogens with zero attached hydrogens (tertiary/aromatic N) is 1. The van der Waals surface area contributed by atoms with Crippen molar-refractivity contribution in [1.82, 2.24) is 4.57 Å². The molecule has 0 N–H and O–H groups in total. The van der Waals surface area contributed by atoms with E-state index in [1.807, 2.05) is 6.07 Å². The Morgan fingerprint density at radius 2 is 1.80 bits per heavy atom. The van der Waals surface area contributed by atoms with Crippen LogP contribution < -0.4 is 5.19 Å². The number of benzene rings is 1. The summed E-state index contributed by atoms with van der Waals surface area (Å²) in [5, 5.41) is 1.31. The molecule has 0 bridgehead atoms. The minimum Gasteiger partial charge on any atom is -0.314 e. The van der Waals surface area contributed by atoms with Gasteiger partial charge >= 0.3 is 0 Å². The Morgan fingerprint density at radius 1 is 1.27 bits per heavy atom. The zero-order valence-corrected chi connectivity index (χ0v) is 11.8. The third-order valence-corrected chi connectivity index (χ3v) is 10.0. The Morgan fingerprint density at radius 3 is 2.20 bits per heavy atom. The molecule has 0 radical (unpaired) electrons. The molecule has 0 saturated carbocycles. The van der Waals surface area contributed by atoms with Gasteiger partial charge in [0.2, 0.25) is 0 Å². The van der Waals surface area contributed by atoms with Gasteiger partial charge in [-0.2, -0.15) is 0 Å². The second-order valence-corrected chi connectivity index (χ2v) is 9.78. The maximum Gasteiger partial charge on any atom is 0.262 e. The Hall–Kier alpha value is -0.313. The number of hydrogen-bond acceptors (Lipinski definition) is 1. The van der Waals surface area contributed by atoms with Crippen LogP contribution in [0.3, 0.4) is 0 Å². The molecule has 1 aromatic rings. The second kappa shape index (κ2) is 5.15. The average molecular weight is 242 g/mol. The number of hydrogen-bond donors (Lipinski definition) is 0. The Balaban J connectivity index is 3.13.